The summed E-state index contributed by atoms with van der Waals surface area (Å²) >= 11 is 7.43. The molecule has 1 aromatic heterocycles. The number of halogens is 1. The zero-order chi connectivity index (χ0) is 13.1. The van der Waals surface area contributed by atoms with Crippen LogP contribution in [0.15, 0.2) is 46.5 Å². The monoisotopic (exact) mass is 279 g/mol. The molecular formula is C13H10ClNO2S. The van der Waals surface area contributed by atoms with Gasteiger partial charge in [-0.1, -0.05) is 29.4 Å². The number of nitrogens with zero attached hydrogens (tertiary/aromatic N) is 1. The number of hydrogen-bond donors (Lipinski definition) is 1. The molecule has 0 aliphatic carbocycles. The van der Waals surface area contributed by atoms with Crippen LogP contribution in [-0.2, 0) is 0 Å². The van der Waals surface area contributed by atoms with E-state index in [9.17, 15) is 4.79 Å². The van der Waals surface area contributed by atoms with Gasteiger partial charge >= 0.3 is 5.97 Å². The first kappa shape index (κ1) is 12.9. The zero-order valence-electron chi connectivity index (χ0n) is 9.55. The highest BCUT2D eigenvalue weighted by molar-refractivity contribution is 7.99. The highest BCUT2D eigenvalue weighted by Crippen LogP contribution is 2.33. The maximum atomic E-state index is 11.0. The van der Waals surface area contributed by atoms with Crippen molar-refractivity contribution >= 4 is 29.3 Å². The van der Waals surface area contributed by atoms with E-state index in [2.05, 4.69) is 4.98 Å². The van der Waals surface area contributed by atoms with Crippen LogP contribution in [0.5, 0.6) is 0 Å². The van der Waals surface area contributed by atoms with E-state index < -0.39 is 5.97 Å². The fourth-order valence-corrected chi connectivity index (χ4v) is 2.55. The van der Waals surface area contributed by atoms with Gasteiger partial charge < -0.3 is 5.11 Å². The number of hydrogen-bond acceptors (Lipinski definition) is 3. The molecule has 0 saturated carbocycles. The molecule has 0 amide bonds. The molecular weight excluding hydrogens is 270 g/mol. The van der Waals surface area contributed by atoms with Gasteiger partial charge in [-0.3, -0.25) is 4.98 Å². The van der Waals surface area contributed by atoms with Crippen LogP contribution in [0.1, 0.15) is 15.9 Å². The molecule has 92 valence electrons. The summed E-state index contributed by atoms with van der Waals surface area (Å²) in [5.74, 6) is -0.921. The van der Waals surface area contributed by atoms with Crippen molar-refractivity contribution in [1.29, 1.82) is 0 Å². The summed E-state index contributed by atoms with van der Waals surface area (Å²) < 4.78 is 0. The van der Waals surface area contributed by atoms with E-state index in [4.69, 9.17) is 16.7 Å². The van der Waals surface area contributed by atoms with Crippen molar-refractivity contribution in [1.82, 2.24) is 4.98 Å². The molecule has 0 unspecified atom stereocenters. The Hall–Kier alpha value is -1.52. The summed E-state index contributed by atoms with van der Waals surface area (Å²) in [6.45, 7) is 1.78. The predicted octanol–water partition coefficient (Wildman–Crippen LogP) is 3.89. The van der Waals surface area contributed by atoms with Crippen LogP contribution >= 0.6 is 23.4 Å². The van der Waals surface area contributed by atoms with Crippen molar-refractivity contribution in [3.05, 3.63) is 52.8 Å². The standard InChI is InChI=1S/C13H10ClNO2S/c1-8-2-3-9(6-10(8)13(16)17)18-12-4-5-15-7-11(12)14/h2-7H,1H3,(H,16,17). The molecule has 0 fully saturated rings. The maximum Gasteiger partial charge on any atom is 0.335 e. The summed E-state index contributed by atoms with van der Waals surface area (Å²) in [4.78, 5) is 16.6. The Morgan fingerprint density at radius 2 is 2.17 bits per heavy atom. The average Bonchev–Trinajstić information content (AvgIpc) is 2.34. The summed E-state index contributed by atoms with van der Waals surface area (Å²) in [7, 11) is 0. The minimum absolute atomic E-state index is 0.310. The van der Waals surface area contributed by atoms with Crippen molar-refractivity contribution in [2.75, 3.05) is 0 Å². The lowest BCUT2D eigenvalue weighted by atomic mass is 10.1. The quantitative estimate of drug-likeness (QED) is 0.926. The minimum atomic E-state index is -0.921. The lowest BCUT2D eigenvalue weighted by Gasteiger charge is -2.06. The fourth-order valence-electron chi connectivity index (χ4n) is 1.47. The van der Waals surface area contributed by atoms with E-state index in [1.54, 1.807) is 37.5 Å². The molecule has 1 N–H and O–H groups in total. The Labute approximate surface area is 114 Å². The lowest BCUT2D eigenvalue weighted by molar-refractivity contribution is 0.0696. The van der Waals surface area contributed by atoms with Crippen LogP contribution in [0.4, 0.5) is 0 Å². The molecule has 0 aliphatic heterocycles. The minimum Gasteiger partial charge on any atom is -0.478 e. The molecule has 2 rings (SSSR count). The maximum absolute atomic E-state index is 11.0. The molecule has 0 atom stereocenters. The van der Waals surface area contributed by atoms with Crippen molar-refractivity contribution in [3.63, 3.8) is 0 Å². The number of aromatic carboxylic acids is 1. The third-order valence-electron chi connectivity index (χ3n) is 2.40. The van der Waals surface area contributed by atoms with Crippen molar-refractivity contribution in [2.45, 2.75) is 16.7 Å². The largest absolute Gasteiger partial charge is 0.478 e. The van der Waals surface area contributed by atoms with E-state index in [-0.39, 0.29) is 0 Å². The zero-order valence-corrected chi connectivity index (χ0v) is 11.1. The van der Waals surface area contributed by atoms with Gasteiger partial charge in [0.15, 0.2) is 0 Å². The van der Waals surface area contributed by atoms with Crippen LogP contribution < -0.4 is 0 Å². The highest BCUT2D eigenvalue weighted by Gasteiger charge is 2.09. The van der Waals surface area contributed by atoms with Gasteiger partial charge in [-0.25, -0.2) is 4.79 Å². The number of carboxylic acid groups (broad SMARTS) is 1. The molecule has 18 heavy (non-hydrogen) atoms. The lowest BCUT2D eigenvalue weighted by Crippen LogP contribution is -1.99. The van der Waals surface area contributed by atoms with E-state index >= 15 is 0 Å². The molecule has 1 heterocycles. The molecule has 0 aliphatic rings. The van der Waals surface area contributed by atoms with Crippen LogP contribution in [0.3, 0.4) is 0 Å². The normalized spacial score (nSPS) is 10.3. The van der Waals surface area contributed by atoms with Crippen LogP contribution in [0.2, 0.25) is 5.02 Å². The van der Waals surface area contributed by atoms with Gasteiger partial charge in [-0.05, 0) is 30.7 Å². The first-order valence-corrected chi connectivity index (χ1v) is 6.38. The Morgan fingerprint density at radius 3 is 2.83 bits per heavy atom. The number of aryl methyl sites for hydroxylation is 1. The average molecular weight is 280 g/mol. The van der Waals surface area contributed by atoms with Crippen LogP contribution in [-0.4, -0.2) is 16.1 Å². The van der Waals surface area contributed by atoms with Crippen LogP contribution in [0, 0.1) is 6.92 Å². The third kappa shape index (κ3) is 2.83. The first-order valence-electron chi connectivity index (χ1n) is 5.19. The number of pyridine rings is 1. The van der Waals surface area contributed by atoms with Crippen molar-refractivity contribution < 1.29 is 9.90 Å². The predicted molar refractivity (Wildman–Crippen MR) is 71.5 cm³/mol. The summed E-state index contributed by atoms with van der Waals surface area (Å²) in [5, 5.41) is 9.62. The highest BCUT2D eigenvalue weighted by atomic mass is 35.5. The molecule has 2 aromatic rings. The van der Waals surface area contributed by atoms with E-state index in [1.807, 2.05) is 6.07 Å². The number of carbonyl (C=O) groups is 1. The van der Waals surface area contributed by atoms with Gasteiger partial charge in [-0.15, -0.1) is 0 Å². The molecule has 1 aromatic carbocycles. The van der Waals surface area contributed by atoms with Crippen molar-refractivity contribution in [3.8, 4) is 0 Å². The molecule has 0 radical (unpaired) electrons. The Bertz CT molecular complexity index is 601. The molecule has 5 heteroatoms. The van der Waals surface area contributed by atoms with Gasteiger partial charge in [0, 0.05) is 22.2 Å². The van der Waals surface area contributed by atoms with Crippen LogP contribution in [0.25, 0.3) is 0 Å². The van der Waals surface area contributed by atoms with Crippen molar-refractivity contribution in [2.24, 2.45) is 0 Å². The number of carboxylic acids is 1. The Kier molecular flexibility index (Phi) is 3.89. The summed E-state index contributed by atoms with van der Waals surface area (Å²) in [5.41, 5.74) is 1.05. The number of benzene rings is 1. The molecule has 0 spiro atoms. The topological polar surface area (TPSA) is 50.2 Å². The first-order chi connectivity index (χ1) is 8.58. The van der Waals surface area contributed by atoms with Gasteiger partial charge in [-0.2, -0.15) is 0 Å². The molecule has 0 bridgehead atoms. The van der Waals surface area contributed by atoms with Gasteiger partial charge in [0.2, 0.25) is 0 Å². The van der Waals surface area contributed by atoms with E-state index in [0.717, 1.165) is 15.4 Å². The summed E-state index contributed by atoms with van der Waals surface area (Å²) in [6, 6.07) is 7.12. The van der Waals surface area contributed by atoms with E-state index in [0.29, 0.717) is 10.6 Å². The number of rotatable bonds is 3. The van der Waals surface area contributed by atoms with Gasteiger partial charge in [0.1, 0.15) is 0 Å². The smallest absolute Gasteiger partial charge is 0.335 e. The second-order valence-electron chi connectivity index (χ2n) is 3.69. The van der Waals surface area contributed by atoms with Gasteiger partial charge in [0.05, 0.1) is 10.6 Å². The fraction of sp³-hybridized carbons (Fsp3) is 0.0769. The Morgan fingerprint density at radius 1 is 1.39 bits per heavy atom. The number of aromatic nitrogens is 1. The Balaban J connectivity index is 2.33. The molecule has 0 saturated heterocycles. The second-order valence-corrected chi connectivity index (χ2v) is 5.21. The SMILES string of the molecule is Cc1ccc(Sc2ccncc2Cl)cc1C(=O)O. The summed E-state index contributed by atoms with van der Waals surface area (Å²) in [6.07, 6.45) is 3.22. The third-order valence-corrected chi connectivity index (χ3v) is 3.88. The van der Waals surface area contributed by atoms with E-state index in [1.165, 1.54) is 11.8 Å². The second kappa shape index (κ2) is 5.42. The van der Waals surface area contributed by atoms with Gasteiger partial charge in [0.25, 0.3) is 0 Å². The molecule has 3 nitrogen and oxygen atoms in total.